The van der Waals surface area contributed by atoms with E-state index in [1.54, 1.807) is 6.92 Å². The molecule has 16 heavy (non-hydrogen) atoms. The van der Waals surface area contributed by atoms with Gasteiger partial charge in [-0.15, -0.1) is 0 Å². The number of aryl methyl sites for hydroxylation is 1. The van der Waals surface area contributed by atoms with Gasteiger partial charge in [-0.25, -0.2) is 0 Å². The highest BCUT2D eigenvalue weighted by Gasteiger charge is 2.08. The van der Waals surface area contributed by atoms with E-state index in [-0.39, 0.29) is 6.29 Å². The molecule has 1 aromatic rings. The molecule has 0 atom stereocenters. The SMILES string of the molecule is CCOC(CNCc1noc(C)n1)OCC. The minimum Gasteiger partial charge on any atom is -0.352 e. The zero-order chi connectivity index (χ0) is 11.8. The predicted molar refractivity (Wildman–Crippen MR) is 57.8 cm³/mol. The van der Waals surface area contributed by atoms with Crippen LogP contribution in [0.4, 0.5) is 0 Å². The molecule has 1 aromatic heterocycles. The van der Waals surface area contributed by atoms with Gasteiger partial charge in [-0.3, -0.25) is 0 Å². The molecule has 0 amide bonds. The molecule has 0 spiro atoms. The van der Waals surface area contributed by atoms with Gasteiger partial charge in [-0.05, 0) is 13.8 Å². The summed E-state index contributed by atoms with van der Waals surface area (Å²) in [6.45, 7) is 8.06. The molecule has 0 radical (unpaired) electrons. The van der Waals surface area contributed by atoms with Gasteiger partial charge in [0.1, 0.15) is 0 Å². The number of nitrogens with one attached hydrogen (secondary N) is 1. The largest absolute Gasteiger partial charge is 0.352 e. The minimum atomic E-state index is -0.219. The van der Waals surface area contributed by atoms with Gasteiger partial charge in [-0.2, -0.15) is 4.98 Å². The molecular weight excluding hydrogens is 210 g/mol. The number of aromatic nitrogens is 2. The summed E-state index contributed by atoms with van der Waals surface area (Å²) in [5, 5.41) is 6.92. The van der Waals surface area contributed by atoms with E-state index in [0.29, 0.717) is 38.0 Å². The van der Waals surface area contributed by atoms with Crippen LogP contribution in [0.25, 0.3) is 0 Å². The summed E-state index contributed by atoms with van der Waals surface area (Å²) >= 11 is 0. The number of nitrogens with zero attached hydrogens (tertiary/aromatic N) is 2. The molecule has 1 heterocycles. The second-order valence-electron chi connectivity index (χ2n) is 3.20. The molecule has 6 nitrogen and oxygen atoms in total. The van der Waals surface area contributed by atoms with Gasteiger partial charge in [0.05, 0.1) is 6.54 Å². The zero-order valence-corrected chi connectivity index (χ0v) is 10.0. The molecule has 0 saturated carbocycles. The van der Waals surface area contributed by atoms with Gasteiger partial charge in [0.15, 0.2) is 12.1 Å². The van der Waals surface area contributed by atoms with Crippen LogP contribution in [-0.2, 0) is 16.0 Å². The second-order valence-corrected chi connectivity index (χ2v) is 3.20. The monoisotopic (exact) mass is 229 g/mol. The Morgan fingerprint density at radius 1 is 1.31 bits per heavy atom. The lowest BCUT2D eigenvalue weighted by atomic mass is 10.5. The summed E-state index contributed by atoms with van der Waals surface area (Å²) in [5.74, 6) is 1.22. The fraction of sp³-hybridized carbons (Fsp3) is 0.800. The second kappa shape index (κ2) is 7.32. The summed E-state index contributed by atoms with van der Waals surface area (Å²) in [5.41, 5.74) is 0. The van der Waals surface area contributed by atoms with E-state index in [1.807, 2.05) is 13.8 Å². The fourth-order valence-electron chi connectivity index (χ4n) is 1.25. The van der Waals surface area contributed by atoms with Crippen molar-refractivity contribution < 1.29 is 14.0 Å². The molecule has 92 valence electrons. The Labute approximate surface area is 95.3 Å². The van der Waals surface area contributed by atoms with Gasteiger partial charge in [-0.1, -0.05) is 5.16 Å². The molecule has 0 aliphatic heterocycles. The van der Waals surface area contributed by atoms with Crippen LogP contribution in [0, 0.1) is 6.92 Å². The van der Waals surface area contributed by atoms with Crippen LogP contribution in [0.5, 0.6) is 0 Å². The summed E-state index contributed by atoms with van der Waals surface area (Å²) < 4.78 is 15.6. The van der Waals surface area contributed by atoms with Crippen LogP contribution in [0.3, 0.4) is 0 Å². The van der Waals surface area contributed by atoms with E-state index in [4.69, 9.17) is 14.0 Å². The lowest BCUT2D eigenvalue weighted by Gasteiger charge is -2.16. The smallest absolute Gasteiger partial charge is 0.223 e. The molecule has 0 bridgehead atoms. The average molecular weight is 229 g/mol. The Morgan fingerprint density at radius 2 is 2.00 bits per heavy atom. The predicted octanol–water partition coefficient (Wildman–Crippen LogP) is 0.867. The third-order valence-corrected chi connectivity index (χ3v) is 1.87. The highest BCUT2D eigenvalue weighted by molar-refractivity contribution is 4.82. The quantitative estimate of drug-likeness (QED) is 0.667. The summed E-state index contributed by atoms with van der Waals surface area (Å²) in [6, 6.07) is 0. The van der Waals surface area contributed by atoms with E-state index in [9.17, 15) is 0 Å². The Hall–Kier alpha value is -0.980. The first kappa shape index (κ1) is 13.1. The Bertz CT molecular complexity index is 285. The first-order chi connectivity index (χ1) is 7.76. The van der Waals surface area contributed by atoms with Crippen molar-refractivity contribution in [3.05, 3.63) is 11.7 Å². The van der Waals surface area contributed by atoms with Crippen molar-refractivity contribution in [3.63, 3.8) is 0 Å². The summed E-state index contributed by atoms with van der Waals surface area (Å²) in [4.78, 5) is 4.08. The molecular formula is C10H19N3O3. The Balaban J connectivity index is 2.21. The van der Waals surface area contributed by atoms with Crippen LogP contribution in [0.15, 0.2) is 4.52 Å². The Morgan fingerprint density at radius 3 is 2.50 bits per heavy atom. The van der Waals surface area contributed by atoms with E-state index in [2.05, 4.69) is 15.5 Å². The topological polar surface area (TPSA) is 69.4 Å². The van der Waals surface area contributed by atoms with Crippen molar-refractivity contribution in [3.8, 4) is 0 Å². The van der Waals surface area contributed by atoms with Crippen LogP contribution >= 0.6 is 0 Å². The molecule has 0 saturated heterocycles. The van der Waals surface area contributed by atoms with Crippen molar-refractivity contribution in [1.82, 2.24) is 15.5 Å². The molecule has 0 aliphatic rings. The first-order valence-corrected chi connectivity index (χ1v) is 5.49. The van der Waals surface area contributed by atoms with Crippen molar-refractivity contribution in [2.24, 2.45) is 0 Å². The fourth-order valence-corrected chi connectivity index (χ4v) is 1.25. The van der Waals surface area contributed by atoms with E-state index >= 15 is 0 Å². The molecule has 0 fully saturated rings. The van der Waals surface area contributed by atoms with Gasteiger partial charge >= 0.3 is 0 Å². The van der Waals surface area contributed by atoms with E-state index < -0.39 is 0 Å². The normalized spacial score (nSPS) is 11.2. The molecule has 6 heteroatoms. The van der Waals surface area contributed by atoms with Crippen LogP contribution in [0.2, 0.25) is 0 Å². The molecule has 0 aromatic carbocycles. The zero-order valence-electron chi connectivity index (χ0n) is 10.0. The first-order valence-electron chi connectivity index (χ1n) is 5.49. The maximum absolute atomic E-state index is 5.38. The van der Waals surface area contributed by atoms with Gasteiger partial charge in [0.25, 0.3) is 0 Å². The van der Waals surface area contributed by atoms with Crippen LogP contribution in [-0.4, -0.2) is 36.2 Å². The third-order valence-electron chi connectivity index (χ3n) is 1.87. The standard InChI is InChI=1S/C10H19N3O3/c1-4-14-10(15-5-2)7-11-6-9-12-8(3)16-13-9/h10-11H,4-7H2,1-3H3. The number of ether oxygens (including phenoxy) is 2. The lowest BCUT2D eigenvalue weighted by Crippen LogP contribution is -2.31. The minimum absolute atomic E-state index is 0.219. The van der Waals surface area contributed by atoms with Crippen molar-refractivity contribution in [1.29, 1.82) is 0 Å². The lowest BCUT2D eigenvalue weighted by molar-refractivity contribution is -0.133. The highest BCUT2D eigenvalue weighted by Crippen LogP contribution is 1.96. The van der Waals surface area contributed by atoms with Crippen LogP contribution < -0.4 is 5.32 Å². The van der Waals surface area contributed by atoms with Crippen molar-refractivity contribution in [2.45, 2.75) is 33.6 Å². The third kappa shape index (κ3) is 4.69. The molecule has 0 aliphatic carbocycles. The summed E-state index contributed by atoms with van der Waals surface area (Å²) in [7, 11) is 0. The molecule has 0 unspecified atom stereocenters. The summed E-state index contributed by atoms with van der Waals surface area (Å²) in [6.07, 6.45) is -0.219. The van der Waals surface area contributed by atoms with E-state index in [0.717, 1.165) is 0 Å². The van der Waals surface area contributed by atoms with Crippen molar-refractivity contribution >= 4 is 0 Å². The average Bonchev–Trinajstić information content (AvgIpc) is 2.65. The highest BCUT2D eigenvalue weighted by atomic mass is 16.7. The molecule has 1 rings (SSSR count). The number of hydrogen-bond donors (Lipinski definition) is 1. The van der Waals surface area contributed by atoms with Gasteiger partial charge < -0.3 is 19.3 Å². The van der Waals surface area contributed by atoms with Gasteiger partial charge in [0, 0.05) is 26.7 Å². The van der Waals surface area contributed by atoms with E-state index in [1.165, 1.54) is 0 Å². The maximum atomic E-state index is 5.38. The Kier molecular flexibility index (Phi) is 5.99. The number of hydrogen-bond acceptors (Lipinski definition) is 6. The molecule has 1 N–H and O–H groups in total. The number of rotatable bonds is 8. The van der Waals surface area contributed by atoms with Crippen LogP contribution in [0.1, 0.15) is 25.6 Å². The maximum Gasteiger partial charge on any atom is 0.223 e. The van der Waals surface area contributed by atoms with Gasteiger partial charge in [0.2, 0.25) is 5.89 Å². The van der Waals surface area contributed by atoms with Crippen molar-refractivity contribution in [2.75, 3.05) is 19.8 Å².